The van der Waals surface area contributed by atoms with Crippen molar-refractivity contribution in [3.05, 3.63) is 93.7 Å². The van der Waals surface area contributed by atoms with Crippen molar-refractivity contribution in [3.8, 4) is 16.9 Å². The largest absolute Gasteiger partial charge is 0.497 e. The summed E-state index contributed by atoms with van der Waals surface area (Å²) < 4.78 is 5.16. The lowest BCUT2D eigenvalue weighted by molar-refractivity contribution is -0.118. The van der Waals surface area contributed by atoms with Crippen LogP contribution in [0.1, 0.15) is 5.56 Å². The predicted octanol–water partition coefficient (Wildman–Crippen LogP) is 5.31. The molecule has 0 aliphatic rings. The summed E-state index contributed by atoms with van der Waals surface area (Å²) in [6.45, 7) is 0.515. The van der Waals surface area contributed by atoms with Crippen molar-refractivity contribution in [2.45, 2.75) is 11.3 Å². The molecule has 168 valence electrons. The number of aromatic nitrogens is 1. The van der Waals surface area contributed by atoms with Gasteiger partial charge in [0.25, 0.3) is 5.56 Å². The number of carbonyl (C=O) groups is 1. The van der Waals surface area contributed by atoms with E-state index in [0.29, 0.717) is 28.4 Å². The highest BCUT2D eigenvalue weighted by Gasteiger charge is 2.17. The quantitative estimate of drug-likeness (QED) is 0.337. The Morgan fingerprint density at radius 3 is 2.55 bits per heavy atom. The van der Waals surface area contributed by atoms with Crippen LogP contribution < -0.4 is 15.6 Å². The normalized spacial score (nSPS) is 10.8. The van der Waals surface area contributed by atoms with Gasteiger partial charge in [-0.05, 0) is 47.9 Å². The number of carbonyl (C=O) groups excluding carboxylic acids is 1. The molecule has 0 saturated heterocycles. The number of nitrogens with one attached hydrogen (secondary N) is 2. The fourth-order valence-corrected chi connectivity index (χ4v) is 4.71. The molecule has 1 heterocycles. The number of ether oxygens (including phenoxy) is 1. The number of methoxy groups -OCH3 is 1. The van der Waals surface area contributed by atoms with Crippen LogP contribution in [0.3, 0.4) is 0 Å². The van der Waals surface area contributed by atoms with E-state index in [4.69, 9.17) is 16.3 Å². The third-order valence-corrected chi connectivity index (χ3v) is 6.56. The van der Waals surface area contributed by atoms with Crippen molar-refractivity contribution in [1.29, 1.82) is 0 Å². The second kappa shape index (κ2) is 10.6. The number of amides is 1. The summed E-state index contributed by atoms with van der Waals surface area (Å²) in [5, 5.41) is 4.36. The molecule has 0 bridgehead atoms. The van der Waals surface area contributed by atoms with Gasteiger partial charge < -0.3 is 15.0 Å². The molecule has 33 heavy (non-hydrogen) atoms. The van der Waals surface area contributed by atoms with Crippen molar-refractivity contribution in [1.82, 2.24) is 10.3 Å². The first-order chi connectivity index (χ1) is 16.0. The molecule has 5 nitrogen and oxygen atoms in total. The Balaban J connectivity index is 1.50. The van der Waals surface area contributed by atoms with Gasteiger partial charge in [-0.1, -0.05) is 54.1 Å². The SMILES string of the molecule is COc1ccc(CCNC(=O)CSc2c(-c3ccccc3)c3cc(Cl)ccc3[nH]c2=O)cc1. The average Bonchev–Trinajstić information content (AvgIpc) is 2.83. The van der Waals surface area contributed by atoms with E-state index in [1.54, 1.807) is 19.2 Å². The molecule has 2 N–H and O–H groups in total. The van der Waals surface area contributed by atoms with Crippen LogP contribution in [-0.2, 0) is 11.2 Å². The number of rotatable bonds is 8. The van der Waals surface area contributed by atoms with E-state index >= 15 is 0 Å². The Hall–Kier alpha value is -3.22. The van der Waals surface area contributed by atoms with E-state index in [-0.39, 0.29) is 17.2 Å². The molecule has 0 fully saturated rings. The Bertz CT molecular complexity index is 1320. The molecule has 0 aliphatic heterocycles. The predicted molar refractivity (Wildman–Crippen MR) is 135 cm³/mol. The molecule has 4 rings (SSSR count). The van der Waals surface area contributed by atoms with Gasteiger partial charge >= 0.3 is 0 Å². The lowest BCUT2D eigenvalue weighted by Crippen LogP contribution is -2.27. The molecule has 7 heteroatoms. The summed E-state index contributed by atoms with van der Waals surface area (Å²) in [7, 11) is 1.63. The summed E-state index contributed by atoms with van der Waals surface area (Å²) in [5.41, 5.74) is 3.28. The Morgan fingerprint density at radius 2 is 1.82 bits per heavy atom. The van der Waals surface area contributed by atoms with Gasteiger partial charge in [0.05, 0.1) is 17.8 Å². The van der Waals surface area contributed by atoms with E-state index in [1.165, 1.54) is 11.8 Å². The van der Waals surface area contributed by atoms with E-state index in [0.717, 1.165) is 27.8 Å². The van der Waals surface area contributed by atoms with Gasteiger partial charge in [0.15, 0.2) is 0 Å². The third-order valence-electron chi connectivity index (χ3n) is 5.24. The molecule has 0 aliphatic carbocycles. The first kappa shape index (κ1) is 23.0. The minimum Gasteiger partial charge on any atom is -0.497 e. The lowest BCUT2D eigenvalue weighted by atomic mass is 10.0. The molecule has 1 aromatic heterocycles. The van der Waals surface area contributed by atoms with E-state index in [2.05, 4.69) is 10.3 Å². The van der Waals surface area contributed by atoms with Crippen LogP contribution in [0.15, 0.2) is 82.5 Å². The van der Waals surface area contributed by atoms with Gasteiger partial charge in [-0.25, -0.2) is 0 Å². The van der Waals surface area contributed by atoms with Crippen LogP contribution in [0, 0.1) is 0 Å². The summed E-state index contributed by atoms with van der Waals surface area (Å²) in [4.78, 5) is 28.8. The maximum absolute atomic E-state index is 12.9. The van der Waals surface area contributed by atoms with Crippen molar-refractivity contribution < 1.29 is 9.53 Å². The number of halogens is 1. The molecule has 0 spiro atoms. The van der Waals surface area contributed by atoms with Crippen molar-refractivity contribution in [2.24, 2.45) is 0 Å². The topological polar surface area (TPSA) is 71.2 Å². The Morgan fingerprint density at radius 1 is 1.06 bits per heavy atom. The minimum absolute atomic E-state index is 0.127. The molecule has 0 radical (unpaired) electrons. The summed E-state index contributed by atoms with van der Waals surface area (Å²) >= 11 is 7.49. The lowest BCUT2D eigenvalue weighted by Gasteiger charge is -2.13. The summed E-state index contributed by atoms with van der Waals surface area (Å²) in [6, 6.07) is 22.8. The van der Waals surface area contributed by atoms with E-state index in [1.807, 2.05) is 60.7 Å². The molecule has 4 aromatic rings. The summed E-state index contributed by atoms with van der Waals surface area (Å²) in [6.07, 6.45) is 0.713. The van der Waals surface area contributed by atoms with Gasteiger partial charge in [0, 0.05) is 28.0 Å². The molecule has 0 saturated carbocycles. The molecular weight excluding hydrogens is 456 g/mol. The van der Waals surface area contributed by atoms with Gasteiger partial charge in [-0.3, -0.25) is 9.59 Å². The zero-order valence-corrected chi connectivity index (χ0v) is 19.6. The number of pyridine rings is 1. The van der Waals surface area contributed by atoms with Crippen molar-refractivity contribution in [2.75, 3.05) is 19.4 Å². The van der Waals surface area contributed by atoms with Crippen LogP contribution in [0.25, 0.3) is 22.0 Å². The average molecular weight is 479 g/mol. The molecule has 1 amide bonds. The van der Waals surface area contributed by atoms with E-state index in [9.17, 15) is 9.59 Å². The van der Waals surface area contributed by atoms with Crippen LogP contribution in [0.5, 0.6) is 5.75 Å². The maximum atomic E-state index is 12.9. The maximum Gasteiger partial charge on any atom is 0.262 e. The highest BCUT2D eigenvalue weighted by molar-refractivity contribution is 8.00. The zero-order chi connectivity index (χ0) is 23.2. The molecule has 0 atom stereocenters. The van der Waals surface area contributed by atoms with Crippen molar-refractivity contribution in [3.63, 3.8) is 0 Å². The van der Waals surface area contributed by atoms with Gasteiger partial charge in [0.2, 0.25) is 5.91 Å². The first-order valence-electron chi connectivity index (χ1n) is 10.5. The number of benzene rings is 3. The Kier molecular flexibility index (Phi) is 7.37. The number of fused-ring (bicyclic) bond motifs is 1. The fraction of sp³-hybridized carbons (Fsp3) is 0.154. The molecular formula is C26H23ClN2O3S. The second-order valence-electron chi connectivity index (χ2n) is 7.45. The highest BCUT2D eigenvalue weighted by atomic mass is 35.5. The number of thioether (sulfide) groups is 1. The fourth-order valence-electron chi connectivity index (χ4n) is 3.60. The van der Waals surface area contributed by atoms with Gasteiger partial charge in [0.1, 0.15) is 5.75 Å². The summed E-state index contributed by atoms with van der Waals surface area (Å²) in [5.74, 6) is 0.811. The number of aromatic amines is 1. The molecule has 0 unspecified atom stereocenters. The molecule has 3 aromatic carbocycles. The Labute approximate surface area is 201 Å². The first-order valence-corrected chi connectivity index (χ1v) is 11.8. The van der Waals surface area contributed by atoms with Crippen LogP contribution in [0.4, 0.5) is 0 Å². The second-order valence-corrected chi connectivity index (χ2v) is 8.87. The van der Waals surface area contributed by atoms with Crippen LogP contribution >= 0.6 is 23.4 Å². The number of H-pyrrole nitrogens is 1. The zero-order valence-electron chi connectivity index (χ0n) is 18.1. The van der Waals surface area contributed by atoms with Gasteiger partial charge in [-0.15, -0.1) is 11.8 Å². The standard InChI is InChI=1S/C26H23ClN2O3S/c1-32-20-10-7-17(8-11-20)13-14-28-23(30)16-33-25-24(18-5-3-2-4-6-18)21-15-19(27)9-12-22(21)29-26(25)31/h2-12,15H,13-14,16H2,1H3,(H,28,30)(H,29,31). The minimum atomic E-state index is -0.222. The number of hydrogen-bond donors (Lipinski definition) is 2. The third kappa shape index (κ3) is 5.59. The van der Waals surface area contributed by atoms with Crippen LogP contribution in [0.2, 0.25) is 5.02 Å². The monoisotopic (exact) mass is 478 g/mol. The smallest absolute Gasteiger partial charge is 0.262 e. The van der Waals surface area contributed by atoms with Crippen LogP contribution in [-0.4, -0.2) is 30.3 Å². The van der Waals surface area contributed by atoms with Crippen molar-refractivity contribution >= 4 is 40.2 Å². The van der Waals surface area contributed by atoms with Gasteiger partial charge in [-0.2, -0.15) is 0 Å². The highest BCUT2D eigenvalue weighted by Crippen LogP contribution is 2.35. The van der Waals surface area contributed by atoms with E-state index < -0.39 is 0 Å². The number of hydrogen-bond acceptors (Lipinski definition) is 4.